The number of amides is 1. The van der Waals surface area contributed by atoms with Crippen molar-refractivity contribution in [3.63, 3.8) is 0 Å². The molecule has 1 aliphatic rings. The van der Waals surface area contributed by atoms with Gasteiger partial charge in [-0.3, -0.25) is 9.20 Å². The summed E-state index contributed by atoms with van der Waals surface area (Å²) in [6.07, 6.45) is -0.206. The molecule has 1 aliphatic heterocycles. The summed E-state index contributed by atoms with van der Waals surface area (Å²) in [5, 5.41) is 10.4. The first-order valence-electron chi connectivity index (χ1n) is 8.17. The Labute approximate surface area is 150 Å². The van der Waals surface area contributed by atoms with E-state index < -0.39 is 17.6 Å². The number of oxazole rings is 1. The van der Waals surface area contributed by atoms with Gasteiger partial charge in [-0.15, -0.1) is 10.2 Å². The van der Waals surface area contributed by atoms with E-state index in [-0.39, 0.29) is 28.8 Å². The average molecular weight is 381 g/mol. The number of nitrogens with one attached hydrogen (secondary N) is 1. The van der Waals surface area contributed by atoms with Gasteiger partial charge in [0.15, 0.2) is 17.8 Å². The summed E-state index contributed by atoms with van der Waals surface area (Å²) < 4.78 is 51.4. The molecule has 0 spiro atoms. The molecule has 0 aromatic carbocycles. The number of rotatable bonds is 3. The Morgan fingerprint density at radius 3 is 2.70 bits per heavy atom. The number of carbonyl (C=O) groups is 1. The Bertz CT molecular complexity index is 962. The van der Waals surface area contributed by atoms with E-state index in [0.29, 0.717) is 26.1 Å². The molecule has 11 heteroatoms. The molecule has 4 heterocycles. The standard InChI is InChI=1S/C16H14F3N5O3/c17-16(18,19)9-5-11(12-6-20-8-27-12)13-22-23-14(24(13)7-9)15(25)21-10-1-3-26-4-2-10/h5-8,10H,1-4H2,(H,21,25). The minimum absolute atomic E-state index is 0.0416. The van der Waals surface area contributed by atoms with Crippen LogP contribution in [0.1, 0.15) is 29.0 Å². The van der Waals surface area contributed by atoms with Crippen LogP contribution in [0, 0.1) is 0 Å². The van der Waals surface area contributed by atoms with Gasteiger partial charge in [-0.25, -0.2) is 4.98 Å². The van der Waals surface area contributed by atoms with Crippen molar-refractivity contribution in [2.45, 2.75) is 25.1 Å². The molecule has 0 bridgehead atoms. The predicted molar refractivity (Wildman–Crippen MR) is 84.8 cm³/mol. The fraction of sp³-hybridized carbons (Fsp3) is 0.375. The van der Waals surface area contributed by atoms with Gasteiger partial charge >= 0.3 is 6.18 Å². The van der Waals surface area contributed by atoms with Crippen LogP contribution in [0.2, 0.25) is 0 Å². The van der Waals surface area contributed by atoms with Crippen molar-refractivity contribution < 1.29 is 27.1 Å². The molecule has 3 aromatic heterocycles. The Morgan fingerprint density at radius 1 is 1.26 bits per heavy atom. The topological polar surface area (TPSA) is 94.5 Å². The van der Waals surface area contributed by atoms with Crippen LogP contribution < -0.4 is 5.32 Å². The molecule has 3 aromatic rings. The molecular weight excluding hydrogens is 367 g/mol. The summed E-state index contributed by atoms with van der Waals surface area (Å²) in [6.45, 7) is 1.03. The zero-order valence-corrected chi connectivity index (χ0v) is 13.9. The van der Waals surface area contributed by atoms with Gasteiger partial charge in [0.2, 0.25) is 5.82 Å². The number of carbonyl (C=O) groups excluding carboxylic acids is 1. The highest BCUT2D eigenvalue weighted by Gasteiger charge is 2.33. The maximum absolute atomic E-state index is 13.3. The smallest absolute Gasteiger partial charge is 0.417 e. The normalized spacial score (nSPS) is 16.0. The average Bonchev–Trinajstić information content (AvgIpc) is 3.31. The summed E-state index contributed by atoms with van der Waals surface area (Å²) >= 11 is 0. The third-order valence-corrected chi connectivity index (χ3v) is 4.29. The van der Waals surface area contributed by atoms with Crippen molar-refractivity contribution >= 4 is 11.6 Å². The van der Waals surface area contributed by atoms with E-state index in [4.69, 9.17) is 9.15 Å². The molecule has 0 atom stereocenters. The van der Waals surface area contributed by atoms with Gasteiger partial charge < -0.3 is 14.5 Å². The molecule has 0 radical (unpaired) electrons. The van der Waals surface area contributed by atoms with Gasteiger partial charge in [-0.1, -0.05) is 0 Å². The van der Waals surface area contributed by atoms with E-state index in [9.17, 15) is 18.0 Å². The number of halogens is 3. The number of hydrogen-bond acceptors (Lipinski definition) is 6. The van der Waals surface area contributed by atoms with E-state index in [2.05, 4.69) is 20.5 Å². The monoisotopic (exact) mass is 381 g/mol. The lowest BCUT2D eigenvalue weighted by atomic mass is 10.1. The first-order chi connectivity index (χ1) is 12.9. The van der Waals surface area contributed by atoms with Gasteiger partial charge in [0, 0.05) is 25.5 Å². The molecule has 0 aliphatic carbocycles. The van der Waals surface area contributed by atoms with Crippen LogP contribution >= 0.6 is 0 Å². The molecule has 1 fully saturated rings. The quantitative estimate of drug-likeness (QED) is 0.748. The lowest BCUT2D eigenvalue weighted by molar-refractivity contribution is -0.137. The van der Waals surface area contributed by atoms with Crippen molar-refractivity contribution in [1.82, 2.24) is 24.9 Å². The van der Waals surface area contributed by atoms with Gasteiger partial charge in [-0.2, -0.15) is 13.2 Å². The van der Waals surface area contributed by atoms with E-state index >= 15 is 0 Å². The van der Waals surface area contributed by atoms with Crippen molar-refractivity contribution in [2.24, 2.45) is 0 Å². The number of fused-ring (bicyclic) bond motifs is 1. The largest absolute Gasteiger partial charge is 0.443 e. The number of hydrogen-bond donors (Lipinski definition) is 1. The Balaban J connectivity index is 1.78. The molecule has 27 heavy (non-hydrogen) atoms. The number of ether oxygens (including phenoxy) is 1. The van der Waals surface area contributed by atoms with Crippen molar-refractivity contribution in [2.75, 3.05) is 13.2 Å². The predicted octanol–water partition coefficient (Wildman–Crippen LogP) is 2.31. The lowest BCUT2D eigenvalue weighted by Gasteiger charge is -2.22. The maximum Gasteiger partial charge on any atom is 0.417 e. The number of aromatic nitrogens is 4. The second-order valence-corrected chi connectivity index (χ2v) is 6.08. The van der Waals surface area contributed by atoms with Crippen molar-refractivity contribution in [1.29, 1.82) is 0 Å². The maximum atomic E-state index is 13.3. The fourth-order valence-corrected chi connectivity index (χ4v) is 2.93. The van der Waals surface area contributed by atoms with Crippen LogP contribution in [0.25, 0.3) is 17.0 Å². The highest BCUT2D eigenvalue weighted by Crippen LogP contribution is 2.34. The van der Waals surface area contributed by atoms with E-state index in [1.165, 1.54) is 6.20 Å². The van der Waals surface area contributed by atoms with Gasteiger partial charge in [-0.05, 0) is 18.9 Å². The zero-order chi connectivity index (χ0) is 19.0. The lowest BCUT2D eigenvalue weighted by Crippen LogP contribution is -2.39. The molecule has 0 saturated carbocycles. The van der Waals surface area contributed by atoms with Crippen molar-refractivity contribution in [3.05, 3.63) is 36.2 Å². The highest BCUT2D eigenvalue weighted by atomic mass is 19.4. The number of pyridine rings is 1. The molecular formula is C16H14F3N5O3. The second-order valence-electron chi connectivity index (χ2n) is 6.08. The van der Waals surface area contributed by atoms with Gasteiger partial charge in [0.25, 0.3) is 5.91 Å². The molecule has 1 amide bonds. The van der Waals surface area contributed by atoms with E-state index in [1.54, 1.807) is 0 Å². The number of alkyl halides is 3. The molecule has 1 N–H and O–H groups in total. The summed E-state index contributed by atoms with van der Waals surface area (Å²) in [5.74, 6) is -0.740. The highest BCUT2D eigenvalue weighted by molar-refractivity contribution is 5.92. The SMILES string of the molecule is O=C(NC1CCOCC1)c1nnc2c(-c3cnco3)cc(C(F)(F)F)cn12. The van der Waals surface area contributed by atoms with Gasteiger partial charge in [0.05, 0.1) is 17.3 Å². The second kappa shape index (κ2) is 6.65. The van der Waals surface area contributed by atoms with Crippen LogP contribution in [-0.2, 0) is 10.9 Å². The van der Waals surface area contributed by atoms with Crippen LogP contribution in [0.3, 0.4) is 0 Å². The third kappa shape index (κ3) is 3.37. The Kier molecular flexibility index (Phi) is 4.30. The fourth-order valence-electron chi connectivity index (χ4n) is 2.93. The number of nitrogens with zero attached hydrogens (tertiary/aromatic N) is 4. The van der Waals surface area contributed by atoms with E-state index in [0.717, 1.165) is 23.1 Å². The minimum atomic E-state index is -4.62. The first kappa shape index (κ1) is 17.5. The molecule has 8 nitrogen and oxygen atoms in total. The zero-order valence-electron chi connectivity index (χ0n) is 13.9. The first-order valence-corrected chi connectivity index (χ1v) is 8.17. The summed E-state index contributed by atoms with van der Waals surface area (Å²) in [5.41, 5.74) is -0.849. The summed E-state index contributed by atoms with van der Waals surface area (Å²) in [7, 11) is 0. The van der Waals surface area contributed by atoms with Crippen LogP contribution in [0.4, 0.5) is 13.2 Å². The molecule has 142 valence electrons. The molecule has 1 saturated heterocycles. The minimum Gasteiger partial charge on any atom is -0.443 e. The Hall–Kier alpha value is -2.95. The Morgan fingerprint density at radius 2 is 2.04 bits per heavy atom. The van der Waals surface area contributed by atoms with E-state index in [1.807, 2.05) is 0 Å². The third-order valence-electron chi connectivity index (χ3n) is 4.29. The van der Waals surface area contributed by atoms with Crippen LogP contribution in [0.5, 0.6) is 0 Å². The van der Waals surface area contributed by atoms with Crippen molar-refractivity contribution in [3.8, 4) is 11.3 Å². The molecule has 4 rings (SSSR count). The summed E-state index contributed by atoms with van der Waals surface area (Å²) in [6, 6.07) is 0.767. The summed E-state index contributed by atoms with van der Waals surface area (Å²) in [4.78, 5) is 16.3. The van der Waals surface area contributed by atoms with Crippen LogP contribution in [0.15, 0.2) is 29.3 Å². The molecule has 0 unspecified atom stereocenters. The van der Waals surface area contributed by atoms with Crippen LogP contribution in [-0.4, -0.2) is 44.7 Å². The van der Waals surface area contributed by atoms with Gasteiger partial charge in [0.1, 0.15) is 0 Å².